The summed E-state index contributed by atoms with van der Waals surface area (Å²) in [6.45, 7) is 8.47. The highest BCUT2D eigenvalue weighted by molar-refractivity contribution is 9.09. The van der Waals surface area contributed by atoms with Crippen LogP contribution in [0.5, 0.6) is 0 Å². The zero-order chi connectivity index (χ0) is 12.6. The van der Waals surface area contributed by atoms with Crippen LogP contribution in [0.4, 0.5) is 0 Å². The van der Waals surface area contributed by atoms with Gasteiger partial charge >= 0.3 is 5.97 Å². The van der Waals surface area contributed by atoms with Crippen LogP contribution in [-0.4, -0.2) is 22.9 Å². The molecule has 4 heteroatoms. The Morgan fingerprint density at radius 1 is 1.44 bits per heavy atom. The molecule has 16 heavy (non-hydrogen) atoms. The van der Waals surface area contributed by atoms with Gasteiger partial charge in [0.05, 0.1) is 6.61 Å². The summed E-state index contributed by atoms with van der Waals surface area (Å²) in [5, 5.41) is 0.292. The van der Waals surface area contributed by atoms with Gasteiger partial charge in [-0.25, -0.2) is 0 Å². The molecule has 0 saturated heterocycles. The molecule has 90 valence electrons. The summed E-state index contributed by atoms with van der Waals surface area (Å²) in [5.41, 5.74) is 3.76. The number of ether oxygens (including phenoxy) is 1. The second kappa shape index (κ2) is 8.28. The summed E-state index contributed by atoms with van der Waals surface area (Å²) in [5.74, 6) is -0.206. The van der Waals surface area contributed by atoms with E-state index in [1.807, 2.05) is 19.2 Å². The first kappa shape index (κ1) is 15.1. The Morgan fingerprint density at radius 3 is 2.38 bits per heavy atom. The Balaban J connectivity index is 0.000000293. The van der Waals surface area contributed by atoms with Crippen molar-refractivity contribution in [1.29, 1.82) is 0 Å². The molecule has 0 fully saturated rings. The highest BCUT2D eigenvalue weighted by Crippen LogP contribution is 2.06. The lowest BCUT2D eigenvalue weighted by Gasteiger charge is -1.99. The molecule has 0 aliphatic rings. The molecule has 0 aromatic carbocycles. The van der Waals surface area contributed by atoms with Crippen molar-refractivity contribution in [2.75, 3.05) is 11.9 Å². The molecule has 3 nitrogen and oxygen atoms in total. The van der Waals surface area contributed by atoms with E-state index in [4.69, 9.17) is 0 Å². The molecule has 0 amide bonds. The van der Waals surface area contributed by atoms with Crippen LogP contribution >= 0.6 is 15.9 Å². The van der Waals surface area contributed by atoms with Crippen molar-refractivity contribution in [1.82, 2.24) is 4.98 Å². The van der Waals surface area contributed by atoms with Crippen molar-refractivity contribution in [2.24, 2.45) is 0 Å². The first-order valence-electron chi connectivity index (χ1n) is 5.13. The number of halogens is 1. The van der Waals surface area contributed by atoms with E-state index in [0.717, 1.165) is 5.69 Å². The van der Waals surface area contributed by atoms with E-state index in [2.05, 4.69) is 39.5 Å². The molecule has 0 unspecified atom stereocenters. The molecule has 0 saturated carbocycles. The van der Waals surface area contributed by atoms with Gasteiger partial charge in [-0.15, -0.1) is 0 Å². The zero-order valence-corrected chi connectivity index (χ0v) is 11.8. The molecule has 0 atom stereocenters. The topological polar surface area (TPSA) is 39.2 Å². The lowest BCUT2D eigenvalue weighted by atomic mass is 10.1. The van der Waals surface area contributed by atoms with E-state index in [0.29, 0.717) is 11.9 Å². The molecule has 0 radical (unpaired) electrons. The number of alkyl halides is 1. The largest absolute Gasteiger partial charge is 0.465 e. The molecule has 1 aromatic rings. The maximum absolute atomic E-state index is 10.1. The lowest BCUT2D eigenvalue weighted by Crippen LogP contribution is -2.03. The Bertz CT molecular complexity index is 320. The van der Waals surface area contributed by atoms with Crippen LogP contribution in [0.1, 0.15) is 23.7 Å². The van der Waals surface area contributed by atoms with E-state index in [1.54, 1.807) is 6.92 Å². The summed E-state index contributed by atoms with van der Waals surface area (Å²) in [7, 11) is 0. The summed E-state index contributed by atoms with van der Waals surface area (Å²) >= 11 is 2.94. The van der Waals surface area contributed by atoms with Crippen LogP contribution in [-0.2, 0) is 9.53 Å². The number of aryl methyl sites for hydroxylation is 2. The van der Waals surface area contributed by atoms with Gasteiger partial charge in [0, 0.05) is 11.9 Å². The van der Waals surface area contributed by atoms with Crippen LogP contribution < -0.4 is 0 Å². The van der Waals surface area contributed by atoms with Crippen LogP contribution in [0.25, 0.3) is 0 Å². The van der Waals surface area contributed by atoms with Gasteiger partial charge in [-0.2, -0.15) is 0 Å². The van der Waals surface area contributed by atoms with Gasteiger partial charge in [-0.3, -0.25) is 9.78 Å². The quantitative estimate of drug-likeness (QED) is 0.620. The van der Waals surface area contributed by atoms with Gasteiger partial charge in [0.25, 0.3) is 0 Å². The maximum atomic E-state index is 10.1. The molecule has 0 spiro atoms. The number of rotatable bonds is 2. The van der Waals surface area contributed by atoms with Crippen LogP contribution in [0.15, 0.2) is 12.3 Å². The van der Waals surface area contributed by atoms with Crippen molar-refractivity contribution in [2.45, 2.75) is 27.7 Å². The Kier molecular flexibility index (Phi) is 7.81. The number of aromatic nitrogens is 1. The van der Waals surface area contributed by atoms with E-state index in [9.17, 15) is 4.79 Å². The molecule has 0 aliphatic heterocycles. The second-order valence-corrected chi connectivity index (χ2v) is 3.84. The minimum Gasteiger partial charge on any atom is -0.465 e. The molecule has 1 heterocycles. The number of carbonyl (C=O) groups excluding carboxylic acids is 1. The highest BCUT2D eigenvalue weighted by atomic mass is 79.9. The Labute approximate surface area is 105 Å². The van der Waals surface area contributed by atoms with Gasteiger partial charge in [0.1, 0.15) is 5.33 Å². The third kappa shape index (κ3) is 5.85. The number of carbonyl (C=O) groups is 1. The number of nitrogens with zero attached hydrogens (tertiary/aromatic N) is 1. The van der Waals surface area contributed by atoms with Crippen LogP contribution in [0.3, 0.4) is 0 Å². The SMILES string of the molecule is CCOC(=O)CBr.Cc1ccnc(C)c1C. The molecule has 0 N–H and O–H groups in total. The van der Waals surface area contributed by atoms with E-state index in [1.165, 1.54) is 11.1 Å². The standard InChI is InChI=1S/C8H11N.C4H7BrO2/c1-6-4-5-9-8(3)7(6)2;1-2-7-4(6)3-5/h4-5H,1-3H3;2-3H2,1H3. The maximum Gasteiger partial charge on any atom is 0.316 e. The van der Waals surface area contributed by atoms with Crippen molar-refractivity contribution in [3.8, 4) is 0 Å². The fraction of sp³-hybridized carbons (Fsp3) is 0.500. The van der Waals surface area contributed by atoms with Crippen molar-refractivity contribution >= 4 is 21.9 Å². The lowest BCUT2D eigenvalue weighted by molar-refractivity contribution is -0.139. The first-order chi connectivity index (χ1) is 7.52. The number of hydrogen-bond acceptors (Lipinski definition) is 3. The Morgan fingerprint density at radius 2 is 2.06 bits per heavy atom. The van der Waals surface area contributed by atoms with E-state index in [-0.39, 0.29) is 5.97 Å². The highest BCUT2D eigenvalue weighted by Gasteiger charge is 1.93. The van der Waals surface area contributed by atoms with Crippen molar-refractivity contribution in [3.63, 3.8) is 0 Å². The van der Waals surface area contributed by atoms with Gasteiger partial charge in [-0.05, 0) is 44.9 Å². The number of hydrogen-bond donors (Lipinski definition) is 0. The van der Waals surface area contributed by atoms with Gasteiger partial charge < -0.3 is 4.74 Å². The fourth-order valence-corrected chi connectivity index (χ4v) is 1.13. The summed E-state index contributed by atoms with van der Waals surface area (Å²) in [6, 6.07) is 2.03. The van der Waals surface area contributed by atoms with Gasteiger partial charge in [0.15, 0.2) is 0 Å². The van der Waals surface area contributed by atoms with Gasteiger partial charge in [-0.1, -0.05) is 15.9 Å². The molecule has 0 aliphatic carbocycles. The summed E-state index contributed by atoms with van der Waals surface area (Å²) in [6.07, 6.45) is 1.84. The zero-order valence-electron chi connectivity index (χ0n) is 10.2. The smallest absolute Gasteiger partial charge is 0.316 e. The fourth-order valence-electron chi connectivity index (χ4n) is 0.968. The number of esters is 1. The first-order valence-corrected chi connectivity index (χ1v) is 6.25. The molecule has 1 rings (SSSR count). The van der Waals surface area contributed by atoms with Crippen LogP contribution in [0.2, 0.25) is 0 Å². The second-order valence-electron chi connectivity index (χ2n) is 3.28. The van der Waals surface area contributed by atoms with Gasteiger partial charge in [0.2, 0.25) is 0 Å². The van der Waals surface area contributed by atoms with Crippen LogP contribution in [0, 0.1) is 20.8 Å². The molecular weight excluding hydrogens is 270 g/mol. The minimum absolute atomic E-state index is 0.206. The average Bonchev–Trinajstić information content (AvgIpc) is 2.27. The normalized spacial score (nSPS) is 9.06. The third-order valence-corrected chi connectivity index (χ3v) is 2.60. The monoisotopic (exact) mass is 287 g/mol. The molecular formula is C12H18BrNO2. The van der Waals surface area contributed by atoms with Crippen molar-refractivity contribution < 1.29 is 9.53 Å². The predicted octanol–water partition coefficient (Wildman–Crippen LogP) is 2.95. The molecule has 1 aromatic heterocycles. The minimum atomic E-state index is -0.206. The van der Waals surface area contributed by atoms with Crippen molar-refractivity contribution in [3.05, 3.63) is 29.1 Å². The summed E-state index contributed by atoms with van der Waals surface area (Å²) < 4.78 is 4.51. The van der Waals surface area contributed by atoms with E-state index < -0.39 is 0 Å². The predicted molar refractivity (Wildman–Crippen MR) is 68.9 cm³/mol. The average molecular weight is 288 g/mol. The van der Waals surface area contributed by atoms with E-state index >= 15 is 0 Å². The Hall–Kier alpha value is -0.900. The molecule has 0 bridgehead atoms. The third-order valence-electron chi connectivity index (χ3n) is 2.14. The number of pyridine rings is 1. The summed E-state index contributed by atoms with van der Waals surface area (Å²) in [4.78, 5) is 14.3.